The van der Waals surface area contributed by atoms with Gasteiger partial charge in [0.25, 0.3) is 10.0 Å². The molecule has 0 atom stereocenters. The molecular weight excluding hydrogens is 340 g/mol. The zero-order chi connectivity index (χ0) is 14.9. The monoisotopic (exact) mass is 354 g/mol. The molecule has 2 aromatic carbocycles. The molecule has 0 amide bonds. The van der Waals surface area contributed by atoms with Gasteiger partial charge in [-0.1, -0.05) is 22.0 Å². The number of hydrogen-bond acceptors (Lipinski definition) is 3. The Balaban J connectivity index is 2.43. The first-order valence-electron chi connectivity index (χ1n) is 5.95. The topological polar surface area (TPSA) is 72.2 Å². The molecule has 20 heavy (non-hydrogen) atoms. The Morgan fingerprint density at radius 1 is 1.05 bits per heavy atom. The van der Waals surface area contributed by atoms with Crippen molar-refractivity contribution in [1.82, 2.24) is 0 Å². The highest BCUT2D eigenvalue weighted by molar-refractivity contribution is 9.10. The van der Waals surface area contributed by atoms with Gasteiger partial charge >= 0.3 is 0 Å². The molecule has 0 heterocycles. The number of benzene rings is 2. The van der Waals surface area contributed by atoms with Gasteiger partial charge in [-0.05, 0) is 55.3 Å². The van der Waals surface area contributed by atoms with Gasteiger partial charge < -0.3 is 5.73 Å². The molecule has 0 spiro atoms. The Bertz CT molecular complexity index is 758. The Hall–Kier alpha value is -1.53. The third-order valence-electron chi connectivity index (χ3n) is 2.93. The van der Waals surface area contributed by atoms with E-state index in [4.69, 9.17) is 5.73 Å². The summed E-state index contributed by atoms with van der Waals surface area (Å²) < 4.78 is 28.4. The quantitative estimate of drug-likeness (QED) is 0.829. The fraction of sp³-hybridized carbons (Fsp3) is 0.143. The van der Waals surface area contributed by atoms with Crippen molar-refractivity contribution in [3.8, 4) is 0 Å². The summed E-state index contributed by atoms with van der Waals surface area (Å²) in [6.45, 7) is 3.58. The van der Waals surface area contributed by atoms with E-state index in [2.05, 4.69) is 20.7 Å². The van der Waals surface area contributed by atoms with Gasteiger partial charge in [-0.25, -0.2) is 8.42 Å². The second kappa shape index (κ2) is 5.46. The highest BCUT2D eigenvalue weighted by Crippen LogP contribution is 2.25. The number of nitrogens with two attached hydrogens (primary N) is 1. The van der Waals surface area contributed by atoms with Gasteiger partial charge in [-0.15, -0.1) is 0 Å². The fourth-order valence-corrected chi connectivity index (χ4v) is 3.73. The summed E-state index contributed by atoms with van der Waals surface area (Å²) in [6.07, 6.45) is 0. The van der Waals surface area contributed by atoms with Crippen molar-refractivity contribution < 1.29 is 8.42 Å². The highest BCUT2D eigenvalue weighted by Gasteiger charge is 2.18. The summed E-state index contributed by atoms with van der Waals surface area (Å²) in [4.78, 5) is 0.194. The summed E-state index contributed by atoms with van der Waals surface area (Å²) in [5, 5.41) is 0. The molecule has 6 heteroatoms. The van der Waals surface area contributed by atoms with Crippen LogP contribution in [0.5, 0.6) is 0 Å². The van der Waals surface area contributed by atoms with Crippen LogP contribution in [0.15, 0.2) is 45.8 Å². The molecule has 0 aromatic heterocycles. The predicted molar refractivity (Wildman–Crippen MR) is 85.3 cm³/mol. The van der Waals surface area contributed by atoms with Crippen LogP contribution in [0.4, 0.5) is 11.4 Å². The molecule has 0 radical (unpaired) electrons. The van der Waals surface area contributed by atoms with E-state index in [9.17, 15) is 8.42 Å². The number of nitrogens with one attached hydrogen (secondary N) is 1. The van der Waals surface area contributed by atoms with E-state index in [0.717, 1.165) is 10.0 Å². The summed E-state index contributed by atoms with van der Waals surface area (Å²) in [5.74, 6) is 0. The molecular formula is C14H15BrN2O2S. The number of hydrogen-bond donors (Lipinski definition) is 2. The van der Waals surface area contributed by atoms with Crippen molar-refractivity contribution in [2.24, 2.45) is 0 Å². The first-order valence-corrected chi connectivity index (χ1v) is 8.22. The number of halogens is 1. The zero-order valence-electron chi connectivity index (χ0n) is 11.1. The Morgan fingerprint density at radius 3 is 2.40 bits per heavy atom. The second-order valence-corrected chi connectivity index (χ2v) is 7.16. The molecule has 2 rings (SSSR count). The largest absolute Gasteiger partial charge is 0.399 e. The van der Waals surface area contributed by atoms with Crippen LogP contribution >= 0.6 is 15.9 Å². The molecule has 2 aromatic rings. The summed E-state index contributed by atoms with van der Waals surface area (Å²) in [5.41, 5.74) is 8.13. The SMILES string of the molecule is Cc1cc(Br)ccc1NS(=O)(=O)c1cc(N)ccc1C. The number of anilines is 2. The van der Waals surface area contributed by atoms with Gasteiger partial charge in [0.1, 0.15) is 0 Å². The third-order valence-corrected chi connectivity index (χ3v) is 4.94. The lowest BCUT2D eigenvalue weighted by atomic mass is 10.2. The summed E-state index contributed by atoms with van der Waals surface area (Å²) in [6, 6.07) is 10.2. The van der Waals surface area contributed by atoms with Gasteiger partial charge in [-0.3, -0.25) is 4.72 Å². The zero-order valence-corrected chi connectivity index (χ0v) is 13.5. The normalized spacial score (nSPS) is 11.3. The van der Waals surface area contributed by atoms with Crippen molar-refractivity contribution in [2.75, 3.05) is 10.5 Å². The summed E-state index contributed by atoms with van der Waals surface area (Å²) >= 11 is 3.35. The van der Waals surface area contributed by atoms with Crippen molar-refractivity contribution >= 4 is 37.3 Å². The molecule has 0 aliphatic heterocycles. The molecule has 0 aliphatic rings. The van der Waals surface area contributed by atoms with Crippen LogP contribution in [-0.2, 0) is 10.0 Å². The van der Waals surface area contributed by atoms with E-state index < -0.39 is 10.0 Å². The van der Waals surface area contributed by atoms with Crippen molar-refractivity contribution in [3.63, 3.8) is 0 Å². The van der Waals surface area contributed by atoms with Gasteiger partial charge in [0.15, 0.2) is 0 Å². The average molecular weight is 355 g/mol. The molecule has 0 aliphatic carbocycles. The molecule has 0 fully saturated rings. The lowest BCUT2D eigenvalue weighted by Crippen LogP contribution is -2.15. The van der Waals surface area contributed by atoms with Crippen LogP contribution in [0.3, 0.4) is 0 Å². The van der Waals surface area contributed by atoms with E-state index in [1.807, 2.05) is 13.0 Å². The van der Waals surface area contributed by atoms with Crippen molar-refractivity contribution in [2.45, 2.75) is 18.7 Å². The molecule has 106 valence electrons. The van der Waals surface area contributed by atoms with Gasteiger partial charge in [0.2, 0.25) is 0 Å². The molecule has 0 unspecified atom stereocenters. The lowest BCUT2D eigenvalue weighted by molar-refractivity contribution is 0.600. The first kappa shape index (κ1) is 14.9. The maximum Gasteiger partial charge on any atom is 0.262 e. The van der Waals surface area contributed by atoms with Gasteiger partial charge in [0.05, 0.1) is 10.6 Å². The molecule has 4 nitrogen and oxygen atoms in total. The minimum absolute atomic E-state index is 0.194. The number of sulfonamides is 1. The van der Waals surface area contributed by atoms with Gasteiger partial charge in [-0.2, -0.15) is 0 Å². The van der Waals surface area contributed by atoms with Crippen LogP contribution < -0.4 is 10.5 Å². The molecule has 3 N–H and O–H groups in total. The van der Waals surface area contributed by atoms with E-state index in [-0.39, 0.29) is 4.90 Å². The van der Waals surface area contributed by atoms with Gasteiger partial charge in [0, 0.05) is 10.2 Å². The van der Waals surface area contributed by atoms with Crippen molar-refractivity contribution in [1.29, 1.82) is 0 Å². The average Bonchev–Trinajstić information content (AvgIpc) is 2.35. The Kier molecular flexibility index (Phi) is 4.06. The van der Waals surface area contributed by atoms with Crippen LogP contribution in [-0.4, -0.2) is 8.42 Å². The lowest BCUT2D eigenvalue weighted by Gasteiger charge is -2.13. The molecule has 0 saturated carbocycles. The first-order chi connectivity index (χ1) is 9.29. The second-order valence-electron chi connectivity index (χ2n) is 4.59. The van der Waals surface area contributed by atoms with Crippen LogP contribution in [0.1, 0.15) is 11.1 Å². The fourth-order valence-electron chi connectivity index (χ4n) is 1.85. The Morgan fingerprint density at radius 2 is 1.75 bits per heavy atom. The maximum absolute atomic E-state index is 12.4. The van der Waals surface area contributed by atoms with Crippen LogP contribution in [0.25, 0.3) is 0 Å². The van der Waals surface area contributed by atoms with Crippen LogP contribution in [0, 0.1) is 13.8 Å². The Labute approximate surface area is 127 Å². The maximum atomic E-state index is 12.4. The van der Waals surface area contributed by atoms with E-state index in [1.165, 1.54) is 6.07 Å². The third kappa shape index (κ3) is 3.13. The predicted octanol–water partition coefficient (Wildman–Crippen LogP) is 3.45. The summed E-state index contributed by atoms with van der Waals surface area (Å²) in [7, 11) is -3.65. The van der Waals surface area contributed by atoms with E-state index in [0.29, 0.717) is 16.9 Å². The van der Waals surface area contributed by atoms with E-state index >= 15 is 0 Å². The minimum Gasteiger partial charge on any atom is -0.399 e. The minimum atomic E-state index is -3.65. The molecule has 0 bridgehead atoms. The van der Waals surface area contributed by atoms with Crippen LogP contribution in [0.2, 0.25) is 0 Å². The van der Waals surface area contributed by atoms with E-state index in [1.54, 1.807) is 31.2 Å². The number of aryl methyl sites for hydroxylation is 2. The molecule has 0 saturated heterocycles. The van der Waals surface area contributed by atoms with Crippen molar-refractivity contribution in [3.05, 3.63) is 52.0 Å². The number of rotatable bonds is 3. The smallest absolute Gasteiger partial charge is 0.262 e. The number of nitrogen functional groups attached to an aromatic ring is 1. The standard InChI is InChI=1S/C14H15BrN2O2S/c1-9-3-5-12(16)8-14(9)20(18,19)17-13-6-4-11(15)7-10(13)2/h3-8,17H,16H2,1-2H3. The highest BCUT2D eigenvalue weighted by atomic mass is 79.9.